The first-order valence-corrected chi connectivity index (χ1v) is 10.6. The minimum Gasteiger partial charge on any atom is -0.389 e. The zero-order valence-electron chi connectivity index (χ0n) is 16.8. The molecule has 0 aliphatic carbocycles. The molecule has 0 spiro atoms. The fourth-order valence-electron chi connectivity index (χ4n) is 4.32. The molecule has 0 unspecified atom stereocenters. The van der Waals surface area contributed by atoms with E-state index in [4.69, 9.17) is 14.2 Å². The third-order valence-corrected chi connectivity index (χ3v) is 5.82. The lowest BCUT2D eigenvalue weighted by molar-refractivity contribution is -0.173. The van der Waals surface area contributed by atoms with Crippen molar-refractivity contribution in [3.05, 3.63) is 0 Å². The van der Waals surface area contributed by atoms with Crippen LogP contribution < -0.4 is 5.32 Å². The largest absolute Gasteiger partial charge is 0.389 e. The van der Waals surface area contributed by atoms with Gasteiger partial charge in [0.05, 0.1) is 37.9 Å². The topological polar surface area (TPSA) is 97.3 Å². The van der Waals surface area contributed by atoms with Crippen LogP contribution in [0, 0.1) is 5.92 Å². The van der Waals surface area contributed by atoms with Gasteiger partial charge in [0.25, 0.3) is 0 Å². The van der Waals surface area contributed by atoms with Gasteiger partial charge in [-0.2, -0.15) is 0 Å². The SMILES string of the molecule is CCCNC(=O)C[C@@H]1CC[C@H]2[C@@H](COC[C@@H](O)CN2C(=O)C2CCOCC2)O1. The summed E-state index contributed by atoms with van der Waals surface area (Å²) in [6, 6.07) is -0.125. The molecule has 28 heavy (non-hydrogen) atoms. The summed E-state index contributed by atoms with van der Waals surface area (Å²) in [4.78, 5) is 27.1. The van der Waals surface area contributed by atoms with Gasteiger partial charge in [0, 0.05) is 32.2 Å². The van der Waals surface area contributed by atoms with Gasteiger partial charge in [-0.05, 0) is 32.1 Å². The van der Waals surface area contributed by atoms with Crippen LogP contribution in [0.4, 0.5) is 0 Å². The fraction of sp³-hybridized carbons (Fsp3) is 0.900. The maximum Gasteiger partial charge on any atom is 0.226 e. The number of aliphatic hydroxyl groups is 1. The Labute approximate surface area is 166 Å². The number of amides is 2. The minimum absolute atomic E-state index is 0.00243. The average Bonchev–Trinajstić information content (AvgIpc) is 2.70. The van der Waals surface area contributed by atoms with Gasteiger partial charge in [0.2, 0.25) is 11.8 Å². The minimum atomic E-state index is -0.692. The number of aliphatic hydroxyl groups excluding tert-OH is 1. The van der Waals surface area contributed by atoms with Gasteiger partial charge in [-0.1, -0.05) is 6.92 Å². The highest BCUT2D eigenvalue weighted by Crippen LogP contribution is 2.30. The van der Waals surface area contributed by atoms with Crippen molar-refractivity contribution in [3.8, 4) is 0 Å². The van der Waals surface area contributed by atoms with Crippen molar-refractivity contribution >= 4 is 11.8 Å². The van der Waals surface area contributed by atoms with E-state index >= 15 is 0 Å². The van der Waals surface area contributed by atoms with Crippen LogP contribution in [0.25, 0.3) is 0 Å². The summed E-state index contributed by atoms with van der Waals surface area (Å²) < 4.78 is 17.2. The monoisotopic (exact) mass is 398 g/mol. The third kappa shape index (κ3) is 5.65. The van der Waals surface area contributed by atoms with E-state index in [0.29, 0.717) is 39.2 Å². The molecule has 8 heteroatoms. The predicted octanol–water partition coefficient (Wildman–Crippen LogP) is 0.465. The van der Waals surface area contributed by atoms with Crippen LogP contribution >= 0.6 is 0 Å². The Morgan fingerprint density at radius 3 is 2.64 bits per heavy atom. The molecular formula is C20H34N2O6. The van der Waals surface area contributed by atoms with Crippen molar-refractivity contribution in [2.24, 2.45) is 5.92 Å². The molecule has 2 amide bonds. The first-order chi connectivity index (χ1) is 13.6. The second kappa shape index (κ2) is 10.5. The lowest BCUT2D eigenvalue weighted by Crippen LogP contribution is -2.58. The molecule has 0 saturated carbocycles. The van der Waals surface area contributed by atoms with Crippen molar-refractivity contribution in [2.45, 2.75) is 69.8 Å². The normalized spacial score (nSPS) is 32.1. The summed E-state index contributed by atoms with van der Waals surface area (Å²) in [6.07, 6.45) is 3.03. The number of nitrogens with zero attached hydrogens (tertiary/aromatic N) is 1. The molecule has 3 rings (SSSR count). The van der Waals surface area contributed by atoms with Crippen LogP contribution in [0.1, 0.15) is 45.4 Å². The van der Waals surface area contributed by atoms with E-state index in [0.717, 1.165) is 25.7 Å². The van der Waals surface area contributed by atoms with Crippen LogP contribution in [-0.2, 0) is 23.8 Å². The third-order valence-electron chi connectivity index (χ3n) is 5.82. The Balaban J connectivity index is 1.64. The second-order valence-corrected chi connectivity index (χ2v) is 8.06. The molecular weight excluding hydrogens is 364 g/mol. The molecule has 0 aromatic carbocycles. The Kier molecular flexibility index (Phi) is 8.08. The Hall–Kier alpha value is -1.22. The van der Waals surface area contributed by atoms with Crippen molar-refractivity contribution in [2.75, 3.05) is 39.5 Å². The predicted molar refractivity (Wildman–Crippen MR) is 102 cm³/mol. The van der Waals surface area contributed by atoms with Crippen LogP contribution in [0.5, 0.6) is 0 Å². The fourth-order valence-corrected chi connectivity index (χ4v) is 4.32. The number of ether oxygens (including phenoxy) is 3. The molecule has 0 bridgehead atoms. The smallest absolute Gasteiger partial charge is 0.226 e. The zero-order valence-corrected chi connectivity index (χ0v) is 16.8. The van der Waals surface area contributed by atoms with Gasteiger partial charge < -0.3 is 29.5 Å². The summed E-state index contributed by atoms with van der Waals surface area (Å²) in [5, 5.41) is 13.1. The quantitative estimate of drug-likeness (QED) is 0.699. The van der Waals surface area contributed by atoms with Crippen molar-refractivity contribution in [1.82, 2.24) is 10.2 Å². The van der Waals surface area contributed by atoms with E-state index in [-0.39, 0.29) is 49.1 Å². The number of carbonyl (C=O) groups is 2. The molecule has 3 fully saturated rings. The molecule has 0 radical (unpaired) electrons. The standard InChI is InChI=1S/C20H34N2O6/c1-2-7-21-19(24)10-16-3-4-17-18(28-16)13-27-12-15(23)11-22(17)20(25)14-5-8-26-9-6-14/h14-18,23H,2-13H2,1H3,(H,21,24)/t15-,16-,17-,18+/m0/s1. The molecule has 3 aliphatic rings. The molecule has 8 nitrogen and oxygen atoms in total. The summed E-state index contributed by atoms with van der Waals surface area (Å²) in [5.41, 5.74) is 0. The zero-order chi connectivity index (χ0) is 19.9. The highest BCUT2D eigenvalue weighted by atomic mass is 16.5. The molecule has 3 heterocycles. The number of hydrogen-bond acceptors (Lipinski definition) is 6. The second-order valence-electron chi connectivity index (χ2n) is 8.06. The summed E-state index contributed by atoms with van der Waals surface area (Å²) in [6.45, 7) is 4.68. The average molecular weight is 399 g/mol. The van der Waals surface area contributed by atoms with E-state index in [9.17, 15) is 14.7 Å². The van der Waals surface area contributed by atoms with Crippen LogP contribution in [-0.4, -0.2) is 85.7 Å². The molecule has 0 aromatic rings. The molecule has 0 aromatic heterocycles. The van der Waals surface area contributed by atoms with Gasteiger partial charge in [-0.15, -0.1) is 0 Å². The van der Waals surface area contributed by atoms with Crippen LogP contribution in [0.15, 0.2) is 0 Å². The molecule has 3 saturated heterocycles. The van der Waals surface area contributed by atoms with E-state index in [1.807, 2.05) is 11.8 Å². The molecule has 3 aliphatic heterocycles. The maximum absolute atomic E-state index is 13.2. The van der Waals surface area contributed by atoms with Crippen LogP contribution in [0.2, 0.25) is 0 Å². The number of rotatable bonds is 5. The number of hydrogen-bond donors (Lipinski definition) is 2. The molecule has 160 valence electrons. The van der Waals surface area contributed by atoms with Crippen LogP contribution in [0.3, 0.4) is 0 Å². The van der Waals surface area contributed by atoms with Gasteiger partial charge in [-0.3, -0.25) is 9.59 Å². The van der Waals surface area contributed by atoms with E-state index in [2.05, 4.69) is 5.32 Å². The molecule has 2 N–H and O–H groups in total. The van der Waals surface area contributed by atoms with Gasteiger partial charge in [0.1, 0.15) is 6.10 Å². The highest BCUT2D eigenvalue weighted by Gasteiger charge is 2.41. The number of β-amino-alcohol motifs (C(OH)–C–C–N with tert-alkyl or cyclic N) is 1. The summed E-state index contributed by atoms with van der Waals surface area (Å²) >= 11 is 0. The maximum atomic E-state index is 13.2. The Morgan fingerprint density at radius 1 is 1.11 bits per heavy atom. The van der Waals surface area contributed by atoms with Crippen molar-refractivity contribution in [3.63, 3.8) is 0 Å². The van der Waals surface area contributed by atoms with Crippen molar-refractivity contribution < 1.29 is 28.9 Å². The van der Waals surface area contributed by atoms with Gasteiger partial charge in [-0.25, -0.2) is 0 Å². The first kappa shape index (κ1) is 21.5. The van der Waals surface area contributed by atoms with E-state index in [1.165, 1.54) is 0 Å². The number of carbonyl (C=O) groups excluding carboxylic acids is 2. The Morgan fingerprint density at radius 2 is 1.89 bits per heavy atom. The highest BCUT2D eigenvalue weighted by molar-refractivity contribution is 5.79. The van der Waals surface area contributed by atoms with Crippen molar-refractivity contribution in [1.29, 1.82) is 0 Å². The number of nitrogens with one attached hydrogen (secondary N) is 1. The summed E-state index contributed by atoms with van der Waals surface area (Å²) in [5.74, 6) is 0.0316. The van der Waals surface area contributed by atoms with Gasteiger partial charge >= 0.3 is 0 Å². The number of fused-ring (bicyclic) bond motifs is 1. The first-order valence-electron chi connectivity index (χ1n) is 10.6. The lowest BCUT2D eigenvalue weighted by atomic mass is 9.91. The lowest BCUT2D eigenvalue weighted by Gasteiger charge is -2.45. The summed E-state index contributed by atoms with van der Waals surface area (Å²) in [7, 11) is 0. The Bertz CT molecular complexity index is 525. The molecule has 4 atom stereocenters. The van der Waals surface area contributed by atoms with E-state index < -0.39 is 6.10 Å². The van der Waals surface area contributed by atoms with E-state index in [1.54, 1.807) is 0 Å². The van der Waals surface area contributed by atoms with Gasteiger partial charge in [0.15, 0.2) is 0 Å².